The molecule has 1 aromatic heterocycles. The van der Waals surface area contributed by atoms with Gasteiger partial charge >= 0.3 is 0 Å². The number of hydrogen-bond acceptors (Lipinski definition) is 2. The average molecular weight is 152 g/mol. The summed E-state index contributed by atoms with van der Waals surface area (Å²) in [6, 6.07) is 0. The molecule has 11 heavy (non-hydrogen) atoms. The second kappa shape index (κ2) is 3.32. The Morgan fingerprint density at radius 3 is 2.64 bits per heavy atom. The SMILES string of the molecule is CCc1cn(C=O)c(CC)n1. The Morgan fingerprint density at radius 1 is 1.55 bits per heavy atom. The summed E-state index contributed by atoms with van der Waals surface area (Å²) in [5.74, 6) is 0.844. The van der Waals surface area contributed by atoms with Crippen LogP contribution in [0.5, 0.6) is 0 Å². The van der Waals surface area contributed by atoms with E-state index in [1.807, 2.05) is 13.8 Å². The minimum absolute atomic E-state index is 0.797. The Kier molecular flexibility index (Phi) is 2.41. The van der Waals surface area contributed by atoms with Crippen LogP contribution in [-0.2, 0) is 17.6 Å². The lowest BCUT2D eigenvalue weighted by Crippen LogP contribution is -1.98. The maximum Gasteiger partial charge on any atom is 0.219 e. The van der Waals surface area contributed by atoms with Crippen molar-refractivity contribution < 1.29 is 4.79 Å². The predicted molar refractivity (Wildman–Crippen MR) is 43.1 cm³/mol. The topological polar surface area (TPSA) is 34.9 Å². The molecule has 0 N–H and O–H groups in total. The number of aryl methyl sites for hydroxylation is 2. The van der Waals surface area contributed by atoms with Gasteiger partial charge in [0.1, 0.15) is 5.82 Å². The van der Waals surface area contributed by atoms with Gasteiger partial charge in [-0.25, -0.2) is 4.98 Å². The van der Waals surface area contributed by atoms with Gasteiger partial charge in [0.2, 0.25) is 6.41 Å². The Labute approximate surface area is 66.1 Å². The Morgan fingerprint density at radius 2 is 2.27 bits per heavy atom. The van der Waals surface area contributed by atoms with Crippen LogP contribution in [0.2, 0.25) is 0 Å². The van der Waals surface area contributed by atoms with Crippen molar-refractivity contribution in [2.24, 2.45) is 0 Å². The highest BCUT2D eigenvalue weighted by molar-refractivity contribution is 5.53. The van der Waals surface area contributed by atoms with Gasteiger partial charge in [0.25, 0.3) is 0 Å². The minimum Gasteiger partial charge on any atom is -0.278 e. The average Bonchev–Trinajstić information content (AvgIpc) is 2.46. The molecule has 0 aliphatic carbocycles. The summed E-state index contributed by atoms with van der Waals surface area (Å²) < 4.78 is 1.54. The molecular weight excluding hydrogens is 140 g/mol. The molecule has 0 bridgehead atoms. The lowest BCUT2D eigenvalue weighted by molar-refractivity contribution is 0.545. The van der Waals surface area contributed by atoms with Gasteiger partial charge in [-0.2, -0.15) is 0 Å². The molecular formula is C8H12N2O. The smallest absolute Gasteiger partial charge is 0.219 e. The number of carbonyl (C=O) groups is 1. The number of aromatic nitrogens is 2. The fourth-order valence-corrected chi connectivity index (χ4v) is 1.01. The van der Waals surface area contributed by atoms with Crippen LogP contribution in [0.1, 0.15) is 25.4 Å². The number of hydrogen-bond donors (Lipinski definition) is 0. The van der Waals surface area contributed by atoms with Crippen LogP contribution >= 0.6 is 0 Å². The molecule has 3 nitrogen and oxygen atoms in total. The molecule has 0 spiro atoms. The van der Waals surface area contributed by atoms with Gasteiger partial charge in [0.15, 0.2) is 0 Å². The number of nitrogens with zero attached hydrogens (tertiary/aromatic N) is 2. The van der Waals surface area contributed by atoms with Gasteiger partial charge in [-0.15, -0.1) is 0 Å². The van der Waals surface area contributed by atoms with E-state index in [0.717, 1.165) is 30.8 Å². The first-order chi connectivity index (χ1) is 5.31. The van der Waals surface area contributed by atoms with Gasteiger partial charge in [-0.05, 0) is 6.42 Å². The monoisotopic (exact) mass is 152 g/mol. The molecule has 0 saturated carbocycles. The normalized spacial score (nSPS) is 10.0. The van der Waals surface area contributed by atoms with Crippen molar-refractivity contribution in [3.63, 3.8) is 0 Å². The molecule has 1 heterocycles. The Hall–Kier alpha value is -1.12. The van der Waals surface area contributed by atoms with E-state index >= 15 is 0 Å². The molecule has 3 heteroatoms. The van der Waals surface area contributed by atoms with Crippen molar-refractivity contribution in [1.29, 1.82) is 0 Å². The van der Waals surface area contributed by atoms with Crippen LogP contribution < -0.4 is 0 Å². The van der Waals surface area contributed by atoms with Crippen LogP contribution in [0, 0.1) is 0 Å². The molecule has 0 atom stereocenters. The first-order valence-corrected chi connectivity index (χ1v) is 3.83. The largest absolute Gasteiger partial charge is 0.278 e. The zero-order chi connectivity index (χ0) is 8.27. The van der Waals surface area contributed by atoms with Crippen LogP contribution in [0.3, 0.4) is 0 Å². The molecule has 0 fully saturated rings. The van der Waals surface area contributed by atoms with Crippen molar-refractivity contribution in [3.05, 3.63) is 17.7 Å². The zero-order valence-electron chi connectivity index (χ0n) is 6.87. The maximum atomic E-state index is 10.4. The van der Waals surface area contributed by atoms with Crippen LogP contribution in [0.15, 0.2) is 6.20 Å². The van der Waals surface area contributed by atoms with E-state index in [0.29, 0.717) is 0 Å². The van der Waals surface area contributed by atoms with E-state index in [2.05, 4.69) is 4.98 Å². The van der Waals surface area contributed by atoms with Crippen molar-refractivity contribution in [2.75, 3.05) is 0 Å². The molecule has 0 radical (unpaired) electrons. The minimum atomic E-state index is 0.797. The quantitative estimate of drug-likeness (QED) is 0.607. The van der Waals surface area contributed by atoms with Gasteiger partial charge < -0.3 is 0 Å². The summed E-state index contributed by atoms with van der Waals surface area (Å²) >= 11 is 0. The van der Waals surface area contributed by atoms with Gasteiger partial charge in [0, 0.05) is 12.6 Å². The van der Waals surface area contributed by atoms with Crippen LogP contribution in [0.25, 0.3) is 0 Å². The fraction of sp³-hybridized carbons (Fsp3) is 0.500. The first-order valence-electron chi connectivity index (χ1n) is 3.83. The first kappa shape index (κ1) is 7.98. The third kappa shape index (κ3) is 1.48. The molecule has 0 aliphatic rings. The van der Waals surface area contributed by atoms with E-state index in [-0.39, 0.29) is 0 Å². The highest BCUT2D eigenvalue weighted by Gasteiger charge is 2.02. The van der Waals surface area contributed by atoms with E-state index < -0.39 is 0 Å². The maximum absolute atomic E-state index is 10.4. The molecule has 60 valence electrons. The highest BCUT2D eigenvalue weighted by atomic mass is 16.1. The summed E-state index contributed by atoms with van der Waals surface area (Å²) in [4.78, 5) is 14.7. The Bertz CT molecular complexity index is 253. The predicted octanol–water partition coefficient (Wildman–Crippen LogP) is 1.05. The van der Waals surface area contributed by atoms with Crippen LogP contribution in [-0.4, -0.2) is 16.0 Å². The summed E-state index contributed by atoms with van der Waals surface area (Å²) in [5.41, 5.74) is 0.981. The molecule has 0 aromatic carbocycles. The zero-order valence-corrected chi connectivity index (χ0v) is 6.87. The van der Waals surface area contributed by atoms with Crippen molar-refractivity contribution >= 4 is 6.41 Å². The molecule has 1 rings (SSSR count). The Balaban J connectivity index is 3.01. The second-order valence-corrected chi connectivity index (χ2v) is 2.37. The second-order valence-electron chi connectivity index (χ2n) is 2.37. The van der Waals surface area contributed by atoms with E-state index in [9.17, 15) is 4.79 Å². The van der Waals surface area contributed by atoms with E-state index in [1.165, 1.54) is 0 Å². The fourth-order valence-electron chi connectivity index (χ4n) is 1.01. The molecule has 0 amide bonds. The summed E-state index contributed by atoms with van der Waals surface area (Å²) in [5, 5.41) is 0. The molecule has 0 unspecified atom stereocenters. The number of imidazole rings is 1. The summed E-state index contributed by atoms with van der Waals surface area (Å²) in [6.07, 6.45) is 4.27. The molecule has 1 aromatic rings. The standard InChI is InChI=1S/C8H12N2O/c1-3-7-5-10(6-11)8(4-2)9-7/h5-6H,3-4H2,1-2H3. The van der Waals surface area contributed by atoms with Gasteiger partial charge in [0.05, 0.1) is 5.69 Å². The lowest BCUT2D eigenvalue weighted by Gasteiger charge is -1.91. The molecule has 0 aliphatic heterocycles. The number of carbonyl (C=O) groups excluding carboxylic acids is 1. The number of rotatable bonds is 3. The summed E-state index contributed by atoms with van der Waals surface area (Å²) in [7, 11) is 0. The third-order valence-electron chi connectivity index (χ3n) is 1.65. The van der Waals surface area contributed by atoms with Crippen molar-refractivity contribution in [1.82, 2.24) is 9.55 Å². The van der Waals surface area contributed by atoms with Gasteiger partial charge in [-0.3, -0.25) is 9.36 Å². The summed E-state index contributed by atoms with van der Waals surface area (Å²) in [6.45, 7) is 4.01. The van der Waals surface area contributed by atoms with Crippen molar-refractivity contribution in [2.45, 2.75) is 26.7 Å². The van der Waals surface area contributed by atoms with Crippen molar-refractivity contribution in [3.8, 4) is 0 Å². The van der Waals surface area contributed by atoms with E-state index in [1.54, 1.807) is 10.8 Å². The van der Waals surface area contributed by atoms with E-state index in [4.69, 9.17) is 0 Å². The molecule has 0 saturated heterocycles. The van der Waals surface area contributed by atoms with Crippen LogP contribution in [0.4, 0.5) is 0 Å². The highest BCUT2D eigenvalue weighted by Crippen LogP contribution is 2.02. The third-order valence-corrected chi connectivity index (χ3v) is 1.65. The lowest BCUT2D eigenvalue weighted by atomic mass is 10.4. The van der Waals surface area contributed by atoms with Gasteiger partial charge in [-0.1, -0.05) is 13.8 Å².